The highest BCUT2D eigenvalue weighted by molar-refractivity contribution is 7.89. The van der Waals surface area contributed by atoms with Crippen LogP contribution in [0.3, 0.4) is 0 Å². The number of nitrogens with zero attached hydrogens (tertiary/aromatic N) is 2. The predicted molar refractivity (Wildman–Crippen MR) is 109 cm³/mol. The van der Waals surface area contributed by atoms with E-state index in [2.05, 4.69) is 25.3 Å². The summed E-state index contributed by atoms with van der Waals surface area (Å²) in [6, 6.07) is 10.8. The van der Waals surface area contributed by atoms with Crippen molar-refractivity contribution < 1.29 is 8.42 Å². The van der Waals surface area contributed by atoms with Gasteiger partial charge in [0.05, 0.1) is 6.54 Å². The molecule has 1 aromatic carbocycles. The van der Waals surface area contributed by atoms with Gasteiger partial charge in [-0.1, -0.05) is 23.7 Å². The maximum atomic E-state index is 12.1. The number of hydrogen-bond acceptors (Lipinski definition) is 4. The highest BCUT2D eigenvalue weighted by Crippen LogP contribution is 2.09. The average molecular weight is 410 g/mol. The normalized spacial score (nSPS) is 12.0. The number of aromatic nitrogens is 1. The molecule has 0 bridgehead atoms. The number of halogens is 1. The fourth-order valence-electron chi connectivity index (χ4n) is 2.26. The van der Waals surface area contributed by atoms with Gasteiger partial charge in [0.15, 0.2) is 5.96 Å². The lowest BCUT2D eigenvalue weighted by atomic mass is 10.1. The van der Waals surface area contributed by atoms with Crippen molar-refractivity contribution in [2.24, 2.45) is 4.99 Å². The van der Waals surface area contributed by atoms with Gasteiger partial charge in [-0.3, -0.25) is 9.98 Å². The minimum Gasteiger partial charge on any atom is -0.357 e. The van der Waals surface area contributed by atoms with Gasteiger partial charge in [-0.2, -0.15) is 0 Å². The SMILES string of the molecule is CCNC(=NCCNS(=O)(=O)c1cccnc1)NCCc1ccc(Cl)cc1. The summed E-state index contributed by atoms with van der Waals surface area (Å²) >= 11 is 5.88. The van der Waals surface area contributed by atoms with Gasteiger partial charge in [-0.05, 0) is 43.2 Å². The van der Waals surface area contributed by atoms with Crippen LogP contribution < -0.4 is 15.4 Å². The Balaban J connectivity index is 1.79. The van der Waals surface area contributed by atoms with E-state index in [0.29, 0.717) is 25.6 Å². The quantitative estimate of drug-likeness (QED) is 0.333. The molecule has 0 aliphatic heterocycles. The summed E-state index contributed by atoms with van der Waals surface area (Å²) in [5, 5.41) is 7.09. The molecule has 0 unspecified atom stereocenters. The zero-order valence-corrected chi connectivity index (χ0v) is 16.7. The summed E-state index contributed by atoms with van der Waals surface area (Å²) in [6.07, 6.45) is 3.67. The molecule has 0 radical (unpaired) electrons. The van der Waals surface area contributed by atoms with Crippen molar-refractivity contribution in [3.05, 3.63) is 59.4 Å². The third-order valence-corrected chi connectivity index (χ3v) is 5.28. The first-order valence-electron chi connectivity index (χ1n) is 8.67. The Kier molecular flexibility index (Phi) is 8.50. The van der Waals surface area contributed by atoms with E-state index in [1.807, 2.05) is 31.2 Å². The molecule has 2 aromatic rings. The summed E-state index contributed by atoms with van der Waals surface area (Å²) in [6.45, 7) is 3.91. The van der Waals surface area contributed by atoms with Crippen LogP contribution in [0, 0.1) is 0 Å². The first-order chi connectivity index (χ1) is 13.0. The van der Waals surface area contributed by atoms with Crippen LogP contribution in [-0.4, -0.2) is 45.5 Å². The molecular weight excluding hydrogens is 386 g/mol. The van der Waals surface area contributed by atoms with Crippen LogP contribution in [0.5, 0.6) is 0 Å². The number of hydrogen-bond donors (Lipinski definition) is 3. The smallest absolute Gasteiger partial charge is 0.242 e. The van der Waals surface area contributed by atoms with Crippen LogP contribution in [-0.2, 0) is 16.4 Å². The van der Waals surface area contributed by atoms with E-state index >= 15 is 0 Å². The topological polar surface area (TPSA) is 95.5 Å². The van der Waals surface area contributed by atoms with Crippen molar-refractivity contribution >= 4 is 27.6 Å². The van der Waals surface area contributed by atoms with Crippen LogP contribution in [0.4, 0.5) is 0 Å². The molecule has 7 nitrogen and oxygen atoms in total. The fraction of sp³-hybridized carbons (Fsp3) is 0.333. The average Bonchev–Trinajstić information content (AvgIpc) is 2.67. The molecule has 27 heavy (non-hydrogen) atoms. The molecule has 0 saturated carbocycles. The van der Waals surface area contributed by atoms with E-state index in [1.165, 1.54) is 24.0 Å². The number of aliphatic imine (C=N–C) groups is 1. The highest BCUT2D eigenvalue weighted by atomic mass is 35.5. The Morgan fingerprint density at radius 1 is 1.15 bits per heavy atom. The third kappa shape index (κ3) is 7.54. The van der Waals surface area contributed by atoms with Gasteiger partial charge in [-0.15, -0.1) is 0 Å². The molecule has 1 heterocycles. The van der Waals surface area contributed by atoms with E-state index in [-0.39, 0.29) is 11.4 Å². The van der Waals surface area contributed by atoms with Crippen LogP contribution in [0.15, 0.2) is 58.7 Å². The van der Waals surface area contributed by atoms with Crippen LogP contribution in [0.2, 0.25) is 5.02 Å². The standard InChI is InChI=1S/C18H24ClN5O2S/c1-2-21-18(22-11-9-15-5-7-16(19)8-6-15)23-12-13-24-27(25,26)17-4-3-10-20-14-17/h3-8,10,14,24H,2,9,11-13H2,1H3,(H2,21,22,23). The van der Waals surface area contributed by atoms with Gasteiger partial charge in [0, 0.05) is 37.1 Å². The highest BCUT2D eigenvalue weighted by Gasteiger charge is 2.12. The van der Waals surface area contributed by atoms with Gasteiger partial charge in [0.2, 0.25) is 10.0 Å². The Morgan fingerprint density at radius 2 is 1.93 bits per heavy atom. The minimum absolute atomic E-state index is 0.141. The zero-order valence-electron chi connectivity index (χ0n) is 15.2. The van der Waals surface area contributed by atoms with E-state index in [1.54, 1.807) is 6.07 Å². The summed E-state index contributed by atoms with van der Waals surface area (Å²) < 4.78 is 26.7. The fourth-order valence-corrected chi connectivity index (χ4v) is 3.37. The Morgan fingerprint density at radius 3 is 2.59 bits per heavy atom. The molecule has 2 rings (SSSR count). The molecule has 0 aliphatic carbocycles. The van der Waals surface area contributed by atoms with Crippen LogP contribution in [0.25, 0.3) is 0 Å². The number of guanidine groups is 1. The molecule has 0 amide bonds. The lowest BCUT2D eigenvalue weighted by molar-refractivity contribution is 0.581. The molecule has 0 aliphatic rings. The zero-order chi connectivity index (χ0) is 19.5. The van der Waals surface area contributed by atoms with Crippen molar-refractivity contribution in [2.75, 3.05) is 26.2 Å². The van der Waals surface area contributed by atoms with Gasteiger partial charge in [0.25, 0.3) is 0 Å². The third-order valence-electron chi connectivity index (χ3n) is 3.58. The van der Waals surface area contributed by atoms with Crippen molar-refractivity contribution in [3.8, 4) is 0 Å². The number of pyridine rings is 1. The van der Waals surface area contributed by atoms with Gasteiger partial charge in [0.1, 0.15) is 4.90 Å². The van der Waals surface area contributed by atoms with Crippen molar-refractivity contribution in [3.63, 3.8) is 0 Å². The van der Waals surface area contributed by atoms with Crippen molar-refractivity contribution in [1.29, 1.82) is 0 Å². The maximum absolute atomic E-state index is 12.1. The maximum Gasteiger partial charge on any atom is 0.242 e. The van der Waals surface area contributed by atoms with Gasteiger partial charge >= 0.3 is 0 Å². The number of nitrogens with one attached hydrogen (secondary N) is 3. The first-order valence-corrected chi connectivity index (χ1v) is 10.5. The molecule has 0 fully saturated rings. The monoisotopic (exact) mass is 409 g/mol. The van der Waals surface area contributed by atoms with E-state index in [4.69, 9.17) is 11.6 Å². The largest absolute Gasteiger partial charge is 0.357 e. The lowest BCUT2D eigenvalue weighted by Gasteiger charge is -2.11. The molecule has 146 valence electrons. The second kappa shape index (κ2) is 10.9. The summed E-state index contributed by atoms with van der Waals surface area (Å²) in [5.74, 6) is 0.645. The molecule has 0 atom stereocenters. The Hall–Kier alpha value is -2.16. The summed E-state index contributed by atoms with van der Waals surface area (Å²) in [5.41, 5.74) is 1.17. The molecule has 9 heteroatoms. The second-order valence-corrected chi connectivity index (χ2v) is 7.85. The van der Waals surface area contributed by atoms with Crippen LogP contribution in [0.1, 0.15) is 12.5 Å². The summed E-state index contributed by atoms with van der Waals surface area (Å²) in [7, 11) is -3.56. The lowest BCUT2D eigenvalue weighted by Crippen LogP contribution is -2.39. The van der Waals surface area contributed by atoms with Crippen molar-refractivity contribution in [2.45, 2.75) is 18.2 Å². The van der Waals surface area contributed by atoms with E-state index in [0.717, 1.165) is 11.4 Å². The van der Waals surface area contributed by atoms with Crippen molar-refractivity contribution in [1.82, 2.24) is 20.3 Å². The molecule has 1 aromatic heterocycles. The van der Waals surface area contributed by atoms with Gasteiger partial charge in [-0.25, -0.2) is 13.1 Å². The summed E-state index contributed by atoms with van der Waals surface area (Å²) in [4.78, 5) is 8.35. The first kappa shape index (κ1) is 21.1. The Bertz CT molecular complexity index is 827. The number of sulfonamides is 1. The Labute approximate surface area is 165 Å². The molecular formula is C18H24ClN5O2S. The van der Waals surface area contributed by atoms with E-state index < -0.39 is 10.0 Å². The van der Waals surface area contributed by atoms with E-state index in [9.17, 15) is 8.42 Å². The molecule has 0 saturated heterocycles. The van der Waals surface area contributed by atoms with Gasteiger partial charge < -0.3 is 10.6 Å². The predicted octanol–water partition coefficient (Wildman–Crippen LogP) is 1.81. The number of benzene rings is 1. The van der Waals surface area contributed by atoms with Crippen LogP contribution >= 0.6 is 11.6 Å². The second-order valence-electron chi connectivity index (χ2n) is 5.65. The molecule has 3 N–H and O–H groups in total. The minimum atomic E-state index is -3.56. The molecule has 0 spiro atoms. The number of rotatable bonds is 9.